The summed E-state index contributed by atoms with van der Waals surface area (Å²) in [6.07, 6.45) is 2.44. The van der Waals surface area contributed by atoms with Crippen molar-refractivity contribution in [2.24, 2.45) is 11.7 Å². The van der Waals surface area contributed by atoms with E-state index >= 15 is 0 Å². The zero-order valence-electron chi connectivity index (χ0n) is 13.1. The molecule has 0 saturated heterocycles. The molecule has 0 aromatic rings. The maximum atomic E-state index is 12.0. The fourth-order valence-corrected chi connectivity index (χ4v) is 2.08. The van der Waals surface area contributed by atoms with Gasteiger partial charge in [-0.3, -0.25) is 4.79 Å². The molecular formula is C14H31N3O2. The van der Waals surface area contributed by atoms with Gasteiger partial charge in [-0.1, -0.05) is 13.8 Å². The number of hydrogen-bond donors (Lipinski definition) is 2. The Kier molecular flexibility index (Phi) is 9.83. The number of hydrogen-bond acceptors (Lipinski definition) is 4. The molecule has 3 N–H and O–H groups in total. The molecule has 1 amide bonds. The zero-order chi connectivity index (χ0) is 14.8. The summed E-state index contributed by atoms with van der Waals surface area (Å²) in [6.45, 7) is 5.81. The molecule has 5 heteroatoms. The van der Waals surface area contributed by atoms with Crippen molar-refractivity contribution in [2.75, 3.05) is 34.4 Å². The van der Waals surface area contributed by atoms with Crippen molar-refractivity contribution in [1.82, 2.24) is 10.2 Å². The van der Waals surface area contributed by atoms with Gasteiger partial charge in [0, 0.05) is 26.3 Å². The van der Waals surface area contributed by atoms with Crippen LogP contribution in [0.5, 0.6) is 0 Å². The van der Waals surface area contributed by atoms with Gasteiger partial charge in [0.1, 0.15) is 0 Å². The van der Waals surface area contributed by atoms with Crippen LogP contribution in [0, 0.1) is 5.92 Å². The number of ether oxygens (including phenoxy) is 1. The number of rotatable bonds is 10. The Balaban J connectivity index is 4.19. The standard InChI is InChI=1S/C14H31N3O2/c1-11(2)9-12(10-17(3)4)16-14(18)13(15)7-6-8-19-5/h11-13H,6-10,15H2,1-5H3,(H,16,18). The first-order valence-electron chi connectivity index (χ1n) is 7.06. The molecule has 0 bridgehead atoms. The molecule has 0 aliphatic carbocycles. The highest BCUT2D eigenvalue weighted by atomic mass is 16.5. The van der Waals surface area contributed by atoms with E-state index < -0.39 is 6.04 Å². The second-order valence-corrected chi connectivity index (χ2v) is 5.84. The molecule has 0 heterocycles. The van der Waals surface area contributed by atoms with E-state index in [2.05, 4.69) is 24.1 Å². The van der Waals surface area contributed by atoms with Crippen LogP contribution in [-0.4, -0.2) is 57.2 Å². The molecule has 0 rings (SSSR count). The van der Waals surface area contributed by atoms with Crippen molar-refractivity contribution in [2.45, 2.75) is 45.2 Å². The number of nitrogens with two attached hydrogens (primary N) is 1. The minimum atomic E-state index is -0.438. The van der Waals surface area contributed by atoms with Gasteiger partial charge in [-0.25, -0.2) is 0 Å². The van der Waals surface area contributed by atoms with Crippen LogP contribution < -0.4 is 11.1 Å². The predicted molar refractivity (Wildman–Crippen MR) is 79.0 cm³/mol. The number of likely N-dealkylation sites (N-methyl/N-ethyl adjacent to an activating group) is 1. The molecule has 5 nitrogen and oxygen atoms in total. The minimum absolute atomic E-state index is 0.0522. The highest BCUT2D eigenvalue weighted by Crippen LogP contribution is 2.06. The summed E-state index contributed by atoms with van der Waals surface area (Å²) in [7, 11) is 5.68. The molecule has 0 aromatic carbocycles. The van der Waals surface area contributed by atoms with Crippen LogP contribution in [0.15, 0.2) is 0 Å². The van der Waals surface area contributed by atoms with Crippen molar-refractivity contribution in [3.8, 4) is 0 Å². The molecule has 0 saturated carbocycles. The summed E-state index contributed by atoms with van der Waals surface area (Å²) >= 11 is 0. The molecule has 0 fully saturated rings. The number of nitrogens with one attached hydrogen (secondary N) is 1. The van der Waals surface area contributed by atoms with Crippen LogP contribution in [0.3, 0.4) is 0 Å². The van der Waals surface area contributed by atoms with Gasteiger partial charge in [0.05, 0.1) is 6.04 Å². The van der Waals surface area contributed by atoms with Crippen LogP contribution in [0.4, 0.5) is 0 Å². The molecular weight excluding hydrogens is 242 g/mol. The first kappa shape index (κ1) is 18.4. The van der Waals surface area contributed by atoms with Gasteiger partial charge in [0.2, 0.25) is 5.91 Å². The molecule has 19 heavy (non-hydrogen) atoms. The largest absolute Gasteiger partial charge is 0.385 e. The number of carbonyl (C=O) groups is 1. The molecule has 0 aromatic heterocycles. The summed E-state index contributed by atoms with van der Waals surface area (Å²) < 4.78 is 4.96. The highest BCUT2D eigenvalue weighted by Gasteiger charge is 2.19. The third-order valence-electron chi connectivity index (χ3n) is 2.89. The van der Waals surface area contributed by atoms with Crippen LogP contribution in [-0.2, 0) is 9.53 Å². The smallest absolute Gasteiger partial charge is 0.237 e. The monoisotopic (exact) mass is 273 g/mol. The van der Waals surface area contributed by atoms with E-state index in [1.165, 1.54) is 0 Å². The predicted octanol–water partition coefficient (Wildman–Crippen LogP) is 0.833. The highest BCUT2D eigenvalue weighted by molar-refractivity contribution is 5.81. The van der Waals surface area contributed by atoms with Gasteiger partial charge in [-0.15, -0.1) is 0 Å². The Bertz CT molecular complexity index is 235. The zero-order valence-corrected chi connectivity index (χ0v) is 13.1. The third-order valence-corrected chi connectivity index (χ3v) is 2.89. The van der Waals surface area contributed by atoms with E-state index in [0.29, 0.717) is 18.9 Å². The van der Waals surface area contributed by atoms with E-state index in [1.54, 1.807) is 7.11 Å². The second-order valence-electron chi connectivity index (χ2n) is 5.84. The third kappa shape index (κ3) is 9.87. The Hall–Kier alpha value is -0.650. The van der Waals surface area contributed by atoms with Gasteiger partial charge >= 0.3 is 0 Å². The average molecular weight is 273 g/mol. The summed E-state index contributed by atoms with van der Waals surface area (Å²) in [6, 6.07) is -0.275. The lowest BCUT2D eigenvalue weighted by Crippen LogP contribution is -2.49. The summed E-state index contributed by atoms with van der Waals surface area (Å²) in [4.78, 5) is 14.1. The molecule has 114 valence electrons. The number of methoxy groups -OCH3 is 1. The molecule has 0 aliphatic heterocycles. The Morgan fingerprint density at radius 3 is 2.47 bits per heavy atom. The topological polar surface area (TPSA) is 67.6 Å². The fourth-order valence-electron chi connectivity index (χ4n) is 2.08. The van der Waals surface area contributed by atoms with Crippen LogP contribution >= 0.6 is 0 Å². The Morgan fingerprint density at radius 2 is 2.00 bits per heavy atom. The van der Waals surface area contributed by atoms with E-state index in [4.69, 9.17) is 10.5 Å². The maximum absolute atomic E-state index is 12.0. The molecule has 0 spiro atoms. The number of amides is 1. The van der Waals surface area contributed by atoms with Gasteiger partial charge in [0.25, 0.3) is 0 Å². The van der Waals surface area contributed by atoms with Gasteiger partial charge in [-0.05, 0) is 39.3 Å². The van der Waals surface area contributed by atoms with Crippen molar-refractivity contribution in [3.63, 3.8) is 0 Å². The minimum Gasteiger partial charge on any atom is -0.385 e. The summed E-state index contributed by atoms with van der Waals surface area (Å²) in [5.41, 5.74) is 5.89. The van der Waals surface area contributed by atoms with E-state index in [0.717, 1.165) is 19.4 Å². The number of carbonyl (C=O) groups excluding carboxylic acids is 1. The average Bonchev–Trinajstić information content (AvgIpc) is 2.27. The molecule has 0 radical (unpaired) electrons. The molecule has 2 atom stereocenters. The maximum Gasteiger partial charge on any atom is 0.237 e. The first-order chi connectivity index (χ1) is 8.86. The second kappa shape index (κ2) is 10.2. The quantitative estimate of drug-likeness (QED) is 0.579. The summed E-state index contributed by atoms with van der Waals surface area (Å²) in [5.74, 6) is 0.499. The van der Waals surface area contributed by atoms with Crippen molar-refractivity contribution in [3.05, 3.63) is 0 Å². The van der Waals surface area contributed by atoms with Gasteiger partial charge in [0.15, 0.2) is 0 Å². The summed E-state index contributed by atoms with van der Waals surface area (Å²) in [5, 5.41) is 3.06. The van der Waals surface area contributed by atoms with Crippen LogP contribution in [0.2, 0.25) is 0 Å². The lowest BCUT2D eigenvalue weighted by Gasteiger charge is -2.25. The van der Waals surface area contributed by atoms with Gasteiger partial charge in [-0.2, -0.15) is 0 Å². The van der Waals surface area contributed by atoms with E-state index in [1.807, 2.05) is 14.1 Å². The van der Waals surface area contributed by atoms with Gasteiger partial charge < -0.3 is 20.7 Å². The first-order valence-corrected chi connectivity index (χ1v) is 7.06. The van der Waals surface area contributed by atoms with Crippen molar-refractivity contribution in [1.29, 1.82) is 0 Å². The van der Waals surface area contributed by atoms with E-state index in [9.17, 15) is 4.79 Å². The normalized spacial score (nSPS) is 14.7. The lowest BCUT2D eigenvalue weighted by molar-refractivity contribution is -0.123. The fraction of sp³-hybridized carbons (Fsp3) is 0.929. The SMILES string of the molecule is COCCCC(N)C(=O)NC(CC(C)C)CN(C)C. The van der Waals surface area contributed by atoms with Crippen LogP contribution in [0.25, 0.3) is 0 Å². The molecule has 2 unspecified atom stereocenters. The lowest BCUT2D eigenvalue weighted by atomic mass is 10.0. The van der Waals surface area contributed by atoms with Crippen LogP contribution in [0.1, 0.15) is 33.1 Å². The Morgan fingerprint density at radius 1 is 1.37 bits per heavy atom. The van der Waals surface area contributed by atoms with E-state index in [-0.39, 0.29) is 11.9 Å². The van der Waals surface area contributed by atoms with Crippen molar-refractivity contribution < 1.29 is 9.53 Å². The number of nitrogens with zero attached hydrogens (tertiary/aromatic N) is 1. The molecule has 0 aliphatic rings. The van der Waals surface area contributed by atoms with Crippen molar-refractivity contribution >= 4 is 5.91 Å². The Labute approximate surface area is 117 Å².